The van der Waals surface area contributed by atoms with Crippen molar-refractivity contribution in [2.75, 3.05) is 43.4 Å². The van der Waals surface area contributed by atoms with Crippen molar-refractivity contribution < 1.29 is 0 Å². The van der Waals surface area contributed by atoms with Crippen molar-refractivity contribution in [2.24, 2.45) is 5.92 Å². The molecule has 0 atom stereocenters. The van der Waals surface area contributed by atoms with Gasteiger partial charge in [0.2, 0.25) is 0 Å². The molecule has 148 valence electrons. The largest absolute Gasteiger partial charge is 0.368 e. The predicted octanol–water partition coefficient (Wildman–Crippen LogP) is 1.86. The molecule has 0 aromatic carbocycles. The van der Waals surface area contributed by atoms with E-state index in [2.05, 4.69) is 53.6 Å². The molecule has 1 N–H and O–H groups in total. The minimum absolute atomic E-state index is 0.567. The third-order valence-electron chi connectivity index (χ3n) is 5.61. The molecule has 0 saturated carbocycles. The van der Waals surface area contributed by atoms with E-state index >= 15 is 0 Å². The zero-order valence-corrected chi connectivity index (χ0v) is 16.5. The topological polar surface area (TPSA) is 83.0 Å². The first kappa shape index (κ1) is 17.9. The van der Waals surface area contributed by atoms with Gasteiger partial charge in [-0.25, -0.2) is 0 Å². The monoisotopic (exact) mass is 388 g/mol. The molecule has 2 aliphatic heterocycles. The molecule has 5 heterocycles. The van der Waals surface area contributed by atoms with Gasteiger partial charge < -0.3 is 15.1 Å². The van der Waals surface area contributed by atoms with Gasteiger partial charge in [-0.15, -0.1) is 15.3 Å². The summed E-state index contributed by atoms with van der Waals surface area (Å²) in [6.45, 7) is 4.83. The highest BCUT2D eigenvalue weighted by molar-refractivity contribution is 5.59. The number of hydrogen-bond acceptors (Lipinski definition) is 8. The van der Waals surface area contributed by atoms with E-state index in [1.165, 1.54) is 5.56 Å². The van der Waals surface area contributed by atoms with Gasteiger partial charge in [-0.2, -0.15) is 5.10 Å². The number of pyridine rings is 1. The second-order valence-corrected chi connectivity index (χ2v) is 7.85. The Labute approximate surface area is 170 Å². The molecule has 1 saturated heterocycles. The zero-order chi connectivity index (χ0) is 19.6. The van der Waals surface area contributed by atoms with Crippen LogP contribution in [0, 0.1) is 5.92 Å². The maximum atomic E-state index is 4.40. The lowest BCUT2D eigenvalue weighted by Crippen LogP contribution is -2.50. The standard InChI is InChI=1S/C21H24N8/c1-28-9-6-19-17(14-28)10-20(26-24-19)23-11-15-12-29(13-15)21-3-2-18(25-27-21)16-4-7-22-8-5-16/h2-5,7-8,10,15H,6,9,11-14H2,1H3,(H,23,26). The number of likely N-dealkylation sites (N-methyl/N-ethyl adjacent to an activating group) is 1. The van der Waals surface area contributed by atoms with Gasteiger partial charge in [0.1, 0.15) is 5.82 Å². The normalized spacial score (nSPS) is 16.9. The van der Waals surface area contributed by atoms with E-state index in [4.69, 9.17) is 0 Å². The predicted molar refractivity (Wildman–Crippen MR) is 112 cm³/mol. The Morgan fingerprint density at radius 1 is 1.03 bits per heavy atom. The summed E-state index contributed by atoms with van der Waals surface area (Å²) in [7, 11) is 2.14. The van der Waals surface area contributed by atoms with Crippen molar-refractivity contribution in [1.29, 1.82) is 0 Å². The van der Waals surface area contributed by atoms with Crippen LogP contribution in [0.15, 0.2) is 42.7 Å². The smallest absolute Gasteiger partial charge is 0.151 e. The summed E-state index contributed by atoms with van der Waals surface area (Å²) in [5, 5.41) is 20.9. The molecule has 3 aromatic rings. The molecule has 3 aromatic heterocycles. The van der Waals surface area contributed by atoms with Crippen molar-refractivity contribution in [2.45, 2.75) is 13.0 Å². The van der Waals surface area contributed by atoms with Crippen LogP contribution >= 0.6 is 0 Å². The molecule has 5 rings (SSSR count). The molecule has 0 spiro atoms. The minimum Gasteiger partial charge on any atom is -0.368 e. The van der Waals surface area contributed by atoms with Crippen LogP contribution in [-0.2, 0) is 13.0 Å². The minimum atomic E-state index is 0.567. The van der Waals surface area contributed by atoms with Crippen molar-refractivity contribution in [1.82, 2.24) is 30.3 Å². The lowest BCUT2D eigenvalue weighted by atomic mass is 10.00. The fourth-order valence-electron chi connectivity index (χ4n) is 3.86. The summed E-state index contributed by atoms with van der Waals surface area (Å²) < 4.78 is 0. The summed E-state index contributed by atoms with van der Waals surface area (Å²) in [6.07, 6.45) is 4.52. The van der Waals surface area contributed by atoms with Gasteiger partial charge in [0, 0.05) is 63.0 Å². The number of nitrogens with zero attached hydrogens (tertiary/aromatic N) is 7. The second-order valence-electron chi connectivity index (χ2n) is 7.85. The highest BCUT2D eigenvalue weighted by Crippen LogP contribution is 2.25. The van der Waals surface area contributed by atoms with Gasteiger partial charge in [0.05, 0.1) is 11.4 Å². The summed E-state index contributed by atoms with van der Waals surface area (Å²) in [6, 6.07) is 10.1. The van der Waals surface area contributed by atoms with Crippen LogP contribution in [0.2, 0.25) is 0 Å². The fourth-order valence-corrected chi connectivity index (χ4v) is 3.86. The van der Waals surface area contributed by atoms with Gasteiger partial charge in [0.15, 0.2) is 5.82 Å². The van der Waals surface area contributed by atoms with E-state index in [-0.39, 0.29) is 0 Å². The van der Waals surface area contributed by atoms with Crippen LogP contribution in [0.25, 0.3) is 11.3 Å². The maximum Gasteiger partial charge on any atom is 0.151 e. The fraction of sp³-hybridized carbons (Fsp3) is 0.381. The van der Waals surface area contributed by atoms with Crippen molar-refractivity contribution in [3.63, 3.8) is 0 Å². The van der Waals surface area contributed by atoms with Crippen LogP contribution in [0.4, 0.5) is 11.6 Å². The first-order valence-corrected chi connectivity index (χ1v) is 10.0. The molecule has 8 nitrogen and oxygen atoms in total. The van der Waals surface area contributed by atoms with Crippen LogP contribution in [0.5, 0.6) is 0 Å². The Morgan fingerprint density at radius 3 is 2.69 bits per heavy atom. The third-order valence-corrected chi connectivity index (χ3v) is 5.61. The van der Waals surface area contributed by atoms with Gasteiger partial charge >= 0.3 is 0 Å². The summed E-state index contributed by atoms with van der Waals surface area (Å²) in [5.41, 5.74) is 4.32. The first-order valence-electron chi connectivity index (χ1n) is 10.0. The highest BCUT2D eigenvalue weighted by atomic mass is 15.3. The zero-order valence-electron chi connectivity index (χ0n) is 16.5. The van der Waals surface area contributed by atoms with Crippen LogP contribution in [0.1, 0.15) is 11.3 Å². The molecule has 2 aliphatic rings. The highest BCUT2D eigenvalue weighted by Gasteiger charge is 2.28. The first-order chi connectivity index (χ1) is 14.2. The van der Waals surface area contributed by atoms with Gasteiger partial charge in [-0.1, -0.05) is 0 Å². The van der Waals surface area contributed by atoms with Crippen molar-refractivity contribution in [3.8, 4) is 11.3 Å². The van der Waals surface area contributed by atoms with Crippen molar-refractivity contribution >= 4 is 11.6 Å². The van der Waals surface area contributed by atoms with Crippen LogP contribution < -0.4 is 10.2 Å². The van der Waals surface area contributed by atoms with Gasteiger partial charge in [0.25, 0.3) is 0 Å². The average Bonchev–Trinajstić information content (AvgIpc) is 2.73. The second kappa shape index (κ2) is 7.71. The molecule has 0 radical (unpaired) electrons. The summed E-state index contributed by atoms with van der Waals surface area (Å²) in [5.74, 6) is 2.37. The van der Waals surface area contributed by atoms with E-state index in [9.17, 15) is 0 Å². The molecule has 29 heavy (non-hydrogen) atoms. The van der Waals surface area contributed by atoms with E-state index < -0.39 is 0 Å². The Balaban J connectivity index is 1.13. The molecular formula is C21H24N8. The lowest BCUT2D eigenvalue weighted by molar-refractivity contribution is 0.309. The molecule has 0 unspecified atom stereocenters. The number of anilines is 2. The lowest BCUT2D eigenvalue weighted by Gasteiger charge is -2.40. The Kier molecular flexibility index (Phi) is 4.77. The number of rotatable bonds is 5. The maximum absolute atomic E-state index is 4.40. The summed E-state index contributed by atoms with van der Waals surface area (Å²) in [4.78, 5) is 8.61. The van der Waals surface area contributed by atoms with E-state index in [0.29, 0.717) is 5.92 Å². The third kappa shape index (κ3) is 3.88. The number of nitrogens with one attached hydrogen (secondary N) is 1. The number of hydrogen-bond donors (Lipinski definition) is 1. The van der Waals surface area contributed by atoms with E-state index in [1.807, 2.05) is 24.3 Å². The number of fused-ring (bicyclic) bond motifs is 1. The molecule has 0 aliphatic carbocycles. The van der Waals surface area contributed by atoms with Crippen LogP contribution in [0.3, 0.4) is 0 Å². The Morgan fingerprint density at radius 2 is 1.90 bits per heavy atom. The van der Waals surface area contributed by atoms with Gasteiger partial charge in [-0.05, 0) is 42.9 Å². The average molecular weight is 388 g/mol. The number of aromatic nitrogens is 5. The van der Waals surface area contributed by atoms with E-state index in [1.54, 1.807) is 12.4 Å². The molecule has 0 bridgehead atoms. The molecule has 8 heteroatoms. The van der Waals surface area contributed by atoms with Gasteiger partial charge in [-0.3, -0.25) is 4.98 Å². The van der Waals surface area contributed by atoms with E-state index in [0.717, 1.165) is 67.7 Å². The Hall–Kier alpha value is -3.13. The Bertz CT molecular complexity index is 970. The molecule has 0 amide bonds. The quantitative estimate of drug-likeness (QED) is 0.709. The molecule has 1 fully saturated rings. The van der Waals surface area contributed by atoms with Crippen molar-refractivity contribution in [3.05, 3.63) is 54.0 Å². The molecular weight excluding hydrogens is 364 g/mol. The summed E-state index contributed by atoms with van der Waals surface area (Å²) >= 11 is 0. The SMILES string of the molecule is CN1CCc2nnc(NCC3CN(c4ccc(-c5ccncc5)nn4)C3)cc2C1. The van der Waals surface area contributed by atoms with Crippen LogP contribution in [-0.4, -0.2) is 63.5 Å².